The molecule has 1 aromatic rings. The molecule has 0 heterocycles. The SMILES string of the molecule is CC(C)(C)SCc1cc(F)c(F)c(F)c1. The van der Waals surface area contributed by atoms with E-state index in [2.05, 4.69) is 0 Å². The number of rotatable bonds is 2. The van der Waals surface area contributed by atoms with Crippen molar-refractivity contribution in [2.24, 2.45) is 0 Å². The van der Waals surface area contributed by atoms with Crippen molar-refractivity contribution in [2.45, 2.75) is 31.3 Å². The molecule has 1 rings (SSSR count). The predicted molar refractivity (Wildman–Crippen MR) is 57.4 cm³/mol. The second-order valence-corrected chi connectivity index (χ2v) is 6.08. The zero-order valence-corrected chi connectivity index (χ0v) is 9.72. The maximum atomic E-state index is 12.8. The molecule has 0 aliphatic rings. The lowest BCUT2D eigenvalue weighted by molar-refractivity contribution is 0.446. The molecule has 0 aromatic heterocycles. The third-order valence-electron chi connectivity index (χ3n) is 1.72. The Bertz CT molecular complexity index is 332. The average molecular weight is 234 g/mol. The third kappa shape index (κ3) is 3.78. The van der Waals surface area contributed by atoms with Crippen molar-refractivity contribution in [3.8, 4) is 0 Å². The van der Waals surface area contributed by atoms with Gasteiger partial charge in [0.1, 0.15) is 0 Å². The van der Waals surface area contributed by atoms with E-state index < -0.39 is 17.5 Å². The van der Waals surface area contributed by atoms with Gasteiger partial charge in [0, 0.05) is 10.5 Å². The molecule has 0 fully saturated rings. The highest BCUT2D eigenvalue weighted by atomic mass is 32.2. The summed E-state index contributed by atoms with van der Waals surface area (Å²) in [6.45, 7) is 6.02. The van der Waals surface area contributed by atoms with Gasteiger partial charge in [-0.15, -0.1) is 0 Å². The molecule has 0 N–H and O–H groups in total. The Hall–Kier alpha value is -0.640. The van der Waals surface area contributed by atoms with Crippen LogP contribution < -0.4 is 0 Å². The minimum absolute atomic E-state index is 0.0152. The molecule has 0 bridgehead atoms. The van der Waals surface area contributed by atoms with E-state index in [0.29, 0.717) is 11.3 Å². The number of thioether (sulfide) groups is 1. The van der Waals surface area contributed by atoms with Crippen LogP contribution in [0.2, 0.25) is 0 Å². The first-order chi connectivity index (χ1) is 6.79. The molecular formula is C11H13F3S. The van der Waals surface area contributed by atoms with Crippen molar-refractivity contribution in [2.75, 3.05) is 0 Å². The minimum atomic E-state index is -1.40. The standard InChI is InChI=1S/C11H13F3S/c1-11(2,3)15-6-7-4-8(12)10(14)9(13)5-7/h4-5H,6H2,1-3H3. The van der Waals surface area contributed by atoms with Gasteiger partial charge in [-0.25, -0.2) is 13.2 Å². The second-order valence-electron chi connectivity index (χ2n) is 4.27. The van der Waals surface area contributed by atoms with E-state index in [4.69, 9.17) is 0 Å². The first-order valence-corrected chi connectivity index (χ1v) is 5.55. The van der Waals surface area contributed by atoms with E-state index in [-0.39, 0.29) is 4.75 Å². The molecule has 0 nitrogen and oxygen atoms in total. The lowest BCUT2D eigenvalue weighted by atomic mass is 10.2. The molecule has 1 aromatic carbocycles. The first kappa shape index (κ1) is 12.4. The maximum Gasteiger partial charge on any atom is 0.194 e. The summed E-state index contributed by atoms with van der Waals surface area (Å²) in [5.74, 6) is -3.18. The van der Waals surface area contributed by atoms with Crippen molar-refractivity contribution >= 4 is 11.8 Å². The molecule has 0 aliphatic carbocycles. The summed E-state index contributed by atoms with van der Waals surface area (Å²) in [6.07, 6.45) is 0. The molecule has 0 aliphatic heterocycles. The Morgan fingerprint density at radius 2 is 1.53 bits per heavy atom. The monoisotopic (exact) mass is 234 g/mol. The fourth-order valence-electron chi connectivity index (χ4n) is 0.991. The topological polar surface area (TPSA) is 0 Å². The van der Waals surface area contributed by atoms with Crippen LogP contribution in [0.15, 0.2) is 12.1 Å². The van der Waals surface area contributed by atoms with Gasteiger partial charge in [-0.05, 0) is 17.7 Å². The van der Waals surface area contributed by atoms with E-state index in [1.165, 1.54) is 0 Å². The van der Waals surface area contributed by atoms with Crippen LogP contribution in [0, 0.1) is 17.5 Å². The second kappa shape index (κ2) is 4.47. The Labute approximate surface area is 91.9 Å². The van der Waals surface area contributed by atoms with Gasteiger partial charge in [0.15, 0.2) is 17.5 Å². The molecule has 0 atom stereocenters. The highest BCUT2D eigenvalue weighted by molar-refractivity contribution is 7.99. The van der Waals surface area contributed by atoms with Crippen molar-refractivity contribution in [3.05, 3.63) is 35.1 Å². The molecular weight excluding hydrogens is 221 g/mol. The summed E-state index contributed by atoms with van der Waals surface area (Å²) in [6, 6.07) is 2.08. The van der Waals surface area contributed by atoms with E-state index in [9.17, 15) is 13.2 Å². The molecule has 84 valence electrons. The minimum Gasteiger partial charge on any atom is -0.204 e. The maximum absolute atomic E-state index is 12.8. The zero-order valence-electron chi connectivity index (χ0n) is 8.90. The predicted octanol–water partition coefficient (Wildman–Crippen LogP) is 4.14. The molecule has 0 saturated heterocycles. The van der Waals surface area contributed by atoms with Crippen molar-refractivity contribution < 1.29 is 13.2 Å². The lowest BCUT2D eigenvalue weighted by Crippen LogP contribution is -2.07. The van der Waals surface area contributed by atoms with Gasteiger partial charge in [0.05, 0.1) is 0 Å². The van der Waals surface area contributed by atoms with Gasteiger partial charge in [0.2, 0.25) is 0 Å². The highest BCUT2D eigenvalue weighted by Crippen LogP contribution is 2.28. The van der Waals surface area contributed by atoms with Crippen LogP contribution in [-0.2, 0) is 5.75 Å². The summed E-state index contributed by atoms with van der Waals surface area (Å²) < 4.78 is 38.3. The summed E-state index contributed by atoms with van der Waals surface area (Å²) >= 11 is 1.55. The van der Waals surface area contributed by atoms with Crippen LogP contribution in [0.1, 0.15) is 26.3 Å². The average Bonchev–Trinajstić information content (AvgIpc) is 2.09. The Balaban J connectivity index is 2.80. The van der Waals surface area contributed by atoms with E-state index >= 15 is 0 Å². The van der Waals surface area contributed by atoms with Crippen molar-refractivity contribution in [1.82, 2.24) is 0 Å². The quantitative estimate of drug-likeness (QED) is 0.693. The Kier molecular flexibility index (Phi) is 3.71. The van der Waals surface area contributed by atoms with Gasteiger partial charge >= 0.3 is 0 Å². The van der Waals surface area contributed by atoms with E-state index in [0.717, 1.165) is 12.1 Å². The van der Waals surface area contributed by atoms with Gasteiger partial charge in [-0.2, -0.15) is 11.8 Å². The van der Waals surface area contributed by atoms with Crippen LogP contribution in [0.4, 0.5) is 13.2 Å². The number of hydrogen-bond acceptors (Lipinski definition) is 1. The highest BCUT2D eigenvalue weighted by Gasteiger charge is 2.14. The fourth-order valence-corrected chi connectivity index (χ4v) is 1.76. The van der Waals surface area contributed by atoms with Gasteiger partial charge in [0.25, 0.3) is 0 Å². The fraction of sp³-hybridized carbons (Fsp3) is 0.455. The summed E-state index contributed by atoms with van der Waals surface area (Å²) in [5, 5.41) is 0. The molecule has 0 unspecified atom stereocenters. The van der Waals surface area contributed by atoms with Gasteiger partial charge in [-0.3, -0.25) is 0 Å². The normalized spacial score (nSPS) is 11.9. The van der Waals surface area contributed by atoms with Gasteiger partial charge in [-0.1, -0.05) is 20.8 Å². The van der Waals surface area contributed by atoms with E-state index in [1.54, 1.807) is 11.8 Å². The van der Waals surface area contributed by atoms with Crippen LogP contribution in [0.3, 0.4) is 0 Å². The molecule has 4 heteroatoms. The van der Waals surface area contributed by atoms with Crippen molar-refractivity contribution in [1.29, 1.82) is 0 Å². The summed E-state index contributed by atoms with van der Waals surface area (Å²) in [4.78, 5) is 0. The van der Waals surface area contributed by atoms with Crippen LogP contribution >= 0.6 is 11.8 Å². The lowest BCUT2D eigenvalue weighted by Gasteiger charge is -2.17. The summed E-state index contributed by atoms with van der Waals surface area (Å²) in [7, 11) is 0. The molecule has 0 amide bonds. The molecule has 15 heavy (non-hydrogen) atoms. The first-order valence-electron chi connectivity index (χ1n) is 4.57. The van der Waals surface area contributed by atoms with Crippen LogP contribution in [-0.4, -0.2) is 4.75 Å². The van der Waals surface area contributed by atoms with E-state index in [1.807, 2.05) is 20.8 Å². The zero-order chi connectivity index (χ0) is 11.6. The smallest absolute Gasteiger partial charge is 0.194 e. The van der Waals surface area contributed by atoms with Crippen LogP contribution in [0.25, 0.3) is 0 Å². The van der Waals surface area contributed by atoms with Gasteiger partial charge < -0.3 is 0 Å². The Morgan fingerprint density at radius 1 is 1.07 bits per heavy atom. The molecule has 0 radical (unpaired) electrons. The van der Waals surface area contributed by atoms with Crippen molar-refractivity contribution in [3.63, 3.8) is 0 Å². The van der Waals surface area contributed by atoms with Crippen LogP contribution in [0.5, 0.6) is 0 Å². The molecule has 0 spiro atoms. The summed E-state index contributed by atoms with van der Waals surface area (Å²) in [5.41, 5.74) is 0.464. The number of benzene rings is 1. The largest absolute Gasteiger partial charge is 0.204 e. The number of hydrogen-bond donors (Lipinski definition) is 0. The third-order valence-corrected chi connectivity index (χ3v) is 3.06. The molecule has 0 saturated carbocycles. The Morgan fingerprint density at radius 3 is 1.93 bits per heavy atom. The number of halogens is 3.